The molecule has 2 aromatic carbocycles. The number of amides is 1. The van der Waals surface area contributed by atoms with Gasteiger partial charge in [-0.05, 0) is 49.1 Å². The van der Waals surface area contributed by atoms with E-state index in [9.17, 15) is 4.79 Å². The Morgan fingerprint density at radius 2 is 1.81 bits per heavy atom. The molecule has 21 heavy (non-hydrogen) atoms. The predicted molar refractivity (Wildman–Crippen MR) is 84.8 cm³/mol. The molecule has 0 radical (unpaired) electrons. The van der Waals surface area contributed by atoms with Crippen LogP contribution in [0.25, 0.3) is 0 Å². The maximum absolute atomic E-state index is 12.0. The van der Waals surface area contributed by atoms with E-state index in [-0.39, 0.29) is 5.91 Å². The van der Waals surface area contributed by atoms with Crippen molar-refractivity contribution in [3.05, 3.63) is 70.2 Å². The van der Waals surface area contributed by atoms with Crippen molar-refractivity contribution in [2.75, 3.05) is 0 Å². The van der Waals surface area contributed by atoms with Gasteiger partial charge >= 0.3 is 0 Å². The molecule has 0 bridgehead atoms. The number of fused-ring (bicyclic) bond motifs is 1. The van der Waals surface area contributed by atoms with Gasteiger partial charge in [-0.15, -0.1) is 0 Å². The van der Waals surface area contributed by atoms with E-state index in [1.165, 1.54) is 5.56 Å². The zero-order chi connectivity index (χ0) is 14.7. The summed E-state index contributed by atoms with van der Waals surface area (Å²) in [4.78, 5) is 12.0. The van der Waals surface area contributed by atoms with Gasteiger partial charge in [0.1, 0.15) is 0 Å². The lowest BCUT2D eigenvalue weighted by molar-refractivity contribution is 0.0955. The fraction of sp³-hybridized carbons (Fsp3) is 0.176. The maximum atomic E-state index is 12.0. The summed E-state index contributed by atoms with van der Waals surface area (Å²) in [6.45, 7) is 0. The van der Waals surface area contributed by atoms with Crippen LogP contribution in [0.3, 0.4) is 0 Å². The van der Waals surface area contributed by atoms with Crippen molar-refractivity contribution >= 4 is 23.2 Å². The quantitative estimate of drug-likeness (QED) is 0.842. The number of halogens is 1. The summed E-state index contributed by atoms with van der Waals surface area (Å²) in [5.41, 5.74) is 6.56. The molecule has 4 heteroatoms. The van der Waals surface area contributed by atoms with Crippen LogP contribution in [0.2, 0.25) is 5.02 Å². The summed E-state index contributed by atoms with van der Waals surface area (Å²) in [6.07, 6.45) is 3.02. The number of aryl methyl sites for hydroxylation is 1. The number of benzene rings is 2. The third kappa shape index (κ3) is 3.14. The molecule has 0 aromatic heterocycles. The highest BCUT2D eigenvalue weighted by Crippen LogP contribution is 2.21. The van der Waals surface area contributed by atoms with Crippen molar-refractivity contribution in [2.45, 2.75) is 19.3 Å². The van der Waals surface area contributed by atoms with Crippen LogP contribution in [0.15, 0.2) is 53.6 Å². The Labute approximate surface area is 128 Å². The molecule has 1 N–H and O–H groups in total. The molecular weight excluding hydrogens is 284 g/mol. The van der Waals surface area contributed by atoms with Crippen LogP contribution in [-0.4, -0.2) is 11.6 Å². The normalized spacial score (nSPS) is 15.6. The summed E-state index contributed by atoms with van der Waals surface area (Å²) in [7, 11) is 0. The van der Waals surface area contributed by atoms with E-state index in [2.05, 4.69) is 22.7 Å². The molecule has 0 saturated carbocycles. The van der Waals surface area contributed by atoms with Crippen LogP contribution in [-0.2, 0) is 6.42 Å². The molecule has 1 aliphatic carbocycles. The Hall–Kier alpha value is -2.13. The van der Waals surface area contributed by atoms with Crippen molar-refractivity contribution in [2.24, 2.45) is 5.10 Å². The monoisotopic (exact) mass is 298 g/mol. The molecule has 2 aromatic rings. The second-order valence-corrected chi connectivity index (χ2v) is 5.45. The molecule has 0 fully saturated rings. The highest BCUT2D eigenvalue weighted by molar-refractivity contribution is 6.30. The van der Waals surface area contributed by atoms with Crippen molar-refractivity contribution in [3.63, 3.8) is 0 Å². The minimum Gasteiger partial charge on any atom is -0.267 e. The molecule has 106 valence electrons. The number of nitrogens with one attached hydrogen (secondary N) is 1. The summed E-state index contributed by atoms with van der Waals surface area (Å²) in [5.74, 6) is -0.220. The van der Waals surface area contributed by atoms with Crippen molar-refractivity contribution in [1.29, 1.82) is 0 Å². The van der Waals surface area contributed by atoms with E-state index < -0.39 is 0 Å². The van der Waals surface area contributed by atoms with Gasteiger partial charge in [-0.2, -0.15) is 5.10 Å². The van der Waals surface area contributed by atoms with Gasteiger partial charge < -0.3 is 0 Å². The van der Waals surface area contributed by atoms with Crippen molar-refractivity contribution in [3.8, 4) is 0 Å². The van der Waals surface area contributed by atoms with Gasteiger partial charge in [0.2, 0.25) is 0 Å². The van der Waals surface area contributed by atoms with Crippen LogP contribution in [0.1, 0.15) is 34.3 Å². The average molecular weight is 299 g/mol. The van der Waals surface area contributed by atoms with E-state index in [0.29, 0.717) is 10.6 Å². The van der Waals surface area contributed by atoms with Crippen LogP contribution < -0.4 is 5.43 Å². The highest BCUT2D eigenvalue weighted by atomic mass is 35.5. The Bertz CT molecular complexity index is 692. The zero-order valence-electron chi connectivity index (χ0n) is 11.5. The Morgan fingerprint density at radius 1 is 1.05 bits per heavy atom. The number of hydrogen-bond donors (Lipinski definition) is 1. The fourth-order valence-corrected chi connectivity index (χ4v) is 2.63. The number of hydrazone groups is 1. The average Bonchev–Trinajstić information content (AvgIpc) is 2.53. The summed E-state index contributed by atoms with van der Waals surface area (Å²) >= 11 is 5.81. The van der Waals surface area contributed by atoms with Gasteiger partial charge in [0.05, 0.1) is 5.71 Å². The van der Waals surface area contributed by atoms with E-state index in [1.807, 2.05) is 12.1 Å². The minimum atomic E-state index is -0.220. The lowest BCUT2D eigenvalue weighted by atomic mass is 9.90. The van der Waals surface area contributed by atoms with E-state index in [4.69, 9.17) is 11.6 Å². The van der Waals surface area contributed by atoms with Crippen molar-refractivity contribution in [1.82, 2.24) is 5.43 Å². The molecule has 0 heterocycles. The van der Waals surface area contributed by atoms with Gasteiger partial charge in [-0.25, -0.2) is 5.43 Å². The SMILES string of the molecule is O=C(N/N=C1\CCCc2ccccc21)c1ccc(Cl)cc1. The van der Waals surface area contributed by atoms with Crippen LogP contribution in [0.4, 0.5) is 0 Å². The standard InChI is InChI=1S/C17H15ClN2O/c18-14-10-8-13(9-11-14)17(21)20-19-16-7-3-5-12-4-1-2-6-15(12)16/h1-2,4,6,8-11H,3,5,7H2,(H,20,21)/b19-16+. The smallest absolute Gasteiger partial charge is 0.267 e. The summed E-state index contributed by atoms with van der Waals surface area (Å²) < 4.78 is 0. The maximum Gasteiger partial charge on any atom is 0.271 e. The first-order valence-electron chi connectivity index (χ1n) is 6.95. The molecular formula is C17H15ClN2O. The topological polar surface area (TPSA) is 41.5 Å². The van der Waals surface area contributed by atoms with E-state index in [1.54, 1.807) is 24.3 Å². The first-order valence-corrected chi connectivity index (χ1v) is 7.32. The number of hydrogen-bond acceptors (Lipinski definition) is 2. The molecule has 3 nitrogen and oxygen atoms in total. The first kappa shape index (κ1) is 13.8. The van der Waals surface area contributed by atoms with Crippen LogP contribution in [0.5, 0.6) is 0 Å². The Balaban J connectivity index is 1.78. The zero-order valence-corrected chi connectivity index (χ0v) is 12.2. The lowest BCUT2D eigenvalue weighted by Crippen LogP contribution is -2.22. The summed E-state index contributed by atoms with van der Waals surface area (Å²) in [5, 5.41) is 4.92. The third-order valence-electron chi connectivity index (χ3n) is 3.59. The minimum absolute atomic E-state index is 0.220. The fourth-order valence-electron chi connectivity index (χ4n) is 2.50. The molecule has 0 unspecified atom stereocenters. The number of nitrogens with zero attached hydrogens (tertiary/aromatic N) is 1. The number of rotatable bonds is 2. The Kier molecular flexibility index (Phi) is 4.02. The lowest BCUT2D eigenvalue weighted by Gasteiger charge is -2.17. The predicted octanol–water partition coefficient (Wildman–Crippen LogP) is 3.81. The Morgan fingerprint density at radius 3 is 2.62 bits per heavy atom. The second kappa shape index (κ2) is 6.10. The highest BCUT2D eigenvalue weighted by Gasteiger charge is 2.15. The second-order valence-electron chi connectivity index (χ2n) is 5.02. The molecule has 1 aliphatic rings. The number of carbonyl (C=O) groups is 1. The molecule has 0 atom stereocenters. The van der Waals surface area contributed by atoms with Gasteiger partial charge in [0.15, 0.2) is 0 Å². The van der Waals surface area contributed by atoms with E-state index in [0.717, 1.165) is 30.5 Å². The van der Waals surface area contributed by atoms with Gasteiger partial charge in [-0.3, -0.25) is 4.79 Å². The first-order chi connectivity index (χ1) is 10.2. The summed E-state index contributed by atoms with van der Waals surface area (Å²) in [6, 6.07) is 15.0. The molecule has 3 rings (SSSR count). The third-order valence-corrected chi connectivity index (χ3v) is 3.84. The van der Waals surface area contributed by atoms with Crippen LogP contribution >= 0.6 is 11.6 Å². The largest absolute Gasteiger partial charge is 0.271 e. The molecule has 0 saturated heterocycles. The van der Waals surface area contributed by atoms with E-state index >= 15 is 0 Å². The number of carbonyl (C=O) groups excluding carboxylic acids is 1. The molecule has 0 spiro atoms. The molecule has 0 aliphatic heterocycles. The van der Waals surface area contributed by atoms with Crippen LogP contribution in [0, 0.1) is 0 Å². The van der Waals surface area contributed by atoms with Gasteiger partial charge in [0.25, 0.3) is 5.91 Å². The van der Waals surface area contributed by atoms with Gasteiger partial charge in [0, 0.05) is 16.1 Å². The van der Waals surface area contributed by atoms with Crippen molar-refractivity contribution < 1.29 is 4.79 Å². The van der Waals surface area contributed by atoms with Gasteiger partial charge in [-0.1, -0.05) is 35.9 Å². The molecule has 1 amide bonds.